The van der Waals surface area contributed by atoms with Crippen LogP contribution >= 0.6 is 0 Å². The molecular weight excluding hydrogens is 208 g/mol. The second-order valence-corrected chi connectivity index (χ2v) is 6.48. The van der Waals surface area contributed by atoms with E-state index in [2.05, 4.69) is 44.8 Å². The van der Waals surface area contributed by atoms with Gasteiger partial charge in [-0.05, 0) is 65.1 Å². The van der Waals surface area contributed by atoms with E-state index in [0.717, 1.165) is 12.5 Å². The molecule has 0 aliphatic carbocycles. The average Bonchev–Trinajstić information content (AvgIpc) is 2.77. The first-order chi connectivity index (χ1) is 7.98. The monoisotopic (exact) mass is 240 g/mol. The van der Waals surface area contributed by atoms with E-state index >= 15 is 0 Å². The Hall–Kier alpha value is -0.0800. The van der Waals surface area contributed by atoms with Gasteiger partial charge < -0.3 is 5.32 Å². The number of nitrogens with zero attached hydrogens (tertiary/aromatic N) is 1. The van der Waals surface area contributed by atoms with Gasteiger partial charge >= 0.3 is 0 Å². The molecule has 1 fully saturated rings. The van der Waals surface area contributed by atoms with Gasteiger partial charge in [0, 0.05) is 11.6 Å². The van der Waals surface area contributed by atoms with Crippen LogP contribution in [0, 0.1) is 5.92 Å². The van der Waals surface area contributed by atoms with Crippen LogP contribution in [0.4, 0.5) is 0 Å². The van der Waals surface area contributed by atoms with Crippen LogP contribution in [0.25, 0.3) is 0 Å². The summed E-state index contributed by atoms with van der Waals surface area (Å²) < 4.78 is 0. The molecule has 2 nitrogen and oxygen atoms in total. The fourth-order valence-electron chi connectivity index (χ4n) is 2.93. The minimum atomic E-state index is 0.302. The van der Waals surface area contributed by atoms with Crippen molar-refractivity contribution in [3.8, 4) is 0 Å². The van der Waals surface area contributed by atoms with E-state index in [4.69, 9.17) is 0 Å². The van der Waals surface area contributed by atoms with E-state index in [0.29, 0.717) is 11.6 Å². The van der Waals surface area contributed by atoms with Crippen LogP contribution in [0.5, 0.6) is 0 Å². The van der Waals surface area contributed by atoms with E-state index in [1.54, 1.807) is 0 Å². The molecule has 1 atom stereocenters. The van der Waals surface area contributed by atoms with Gasteiger partial charge in [0.05, 0.1) is 0 Å². The van der Waals surface area contributed by atoms with Crippen molar-refractivity contribution in [3.05, 3.63) is 0 Å². The number of hydrogen-bond acceptors (Lipinski definition) is 2. The third kappa shape index (κ3) is 4.26. The van der Waals surface area contributed by atoms with Crippen LogP contribution in [-0.2, 0) is 0 Å². The summed E-state index contributed by atoms with van der Waals surface area (Å²) in [7, 11) is 0. The lowest BCUT2D eigenvalue weighted by atomic mass is 9.86. The lowest BCUT2D eigenvalue weighted by molar-refractivity contribution is 0.0961. The summed E-state index contributed by atoms with van der Waals surface area (Å²) >= 11 is 0. The molecule has 1 N–H and O–H groups in total. The molecule has 0 aromatic carbocycles. The van der Waals surface area contributed by atoms with Crippen molar-refractivity contribution >= 4 is 0 Å². The largest absolute Gasteiger partial charge is 0.312 e. The topological polar surface area (TPSA) is 15.3 Å². The van der Waals surface area contributed by atoms with Crippen molar-refractivity contribution < 1.29 is 0 Å². The Morgan fingerprint density at radius 1 is 1.18 bits per heavy atom. The Balaban J connectivity index is 2.64. The second-order valence-electron chi connectivity index (χ2n) is 6.48. The minimum absolute atomic E-state index is 0.302. The number of likely N-dealkylation sites (tertiary alicyclic amines) is 1. The predicted molar refractivity (Wildman–Crippen MR) is 76.4 cm³/mol. The zero-order valence-electron chi connectivity index (χ0n) is 12.6. The summed E-state index contributed by atoms with van der Waals surface area (Å²) in [4.78, 5) is 2.68. The highest BCUT2D eigenvalue weighted by Gasteiger charge is 2.36. The fourth-order valence-corrected chi connectivity index (χ4v) is 2.93. The standard InChI is InChI=1S/C15H32N2/c1-6-9-16-14(12-13(2)3)15(4,5)17-10-7-8-11-17/h13-14,16H,6-12H2,1-5H3. The molecular formula is C15H32N2. The number of hydrogen-bond donors (Lipinski definition) is 1. The third-order valence-electron chi connectivity index (χ3n) is 4.12. The highest BCUT2D eigenvalue weighted by molar-refractivity contribution is 4.95. The molecule has 1 aliphatic rings. The molecule has 102 valence electrons. The van der Waals surface area contributed by atoms with E-state index in [1.807, 2.05) is 0 Å². The van der Waals surface area contributed by atoms with Crippen molar-refractivity contribution in [3.63, 3.8) is 0 Å². The molecule has 0 bridgehead atoms. The van der Waals surface area contributed by atoms with Crippen LogP contribution in [0.15, 0.2) is 0 Å². The van der Waals surface area contributed by atoms with E-state index in [1.165, 1.54) is 38.8 Å². The zero-order chi connectivity index (χ0) is 12.9. The molecule has 1 aliphatic heterocycles. The molecule has 0 saturated carbocycles. The third-order valence-corrected chi connectivity index (χ3v) is 4.12. The molecule has 17 heavy (non-hydrogen) atoms. The molecule has 0 aromatic rings. The first kappa shape index (κ1) is 15.0. The van der Waals surface area contributed by atoms with Crippen LogP contribution in [0.1, 0.15) is 60.3 Å². The average molecular weight is 240 g/mol. The second kappa shape index (κ2) is 6.75. The Morgan fingerprint density at radius 3 is 2.24 bits per heavy atom. The van der Waals surface area contributed by atoms with Gasteiger partial charge in [-0.15, -0.1) is 0 Å². The van der Waals surface area contributed by atoms with Gasteiger partial charge in [0.25, 0.3) is 0 Å². The quantitative estimate of drug-likeness (QED) is 0.735. The summed E-state index contributed by atoms with van der Waals surface area (Å²) in [6, 6.07) is 0.626. The summed E-state index contributed by atoms with van der Waals surface area (Å²) in [5.74, 6) is 0.770. The Morgan fingerprint density at radius 2 is 1.76 bits per heavy atom. The SMILES string of the molecule is CCCNC(CC(C)C)C(C)(C)N1CCCC1. The van der Waals surface area contributed by atoms with Crippen LogP contribution < -0.4 is 5.32 Å². The summed E-state index contributed by atoms with van der Waals surface area (Å²) in [5.41, 5.74) is 0.302. The molecule has 1 unspecified atom stereocenters. The predicted octanol–water partition coefficient (Wildman–Crippen LogP) is 3.28. The summed E-state index contributed by atoms with van der Waals surface area (Å²) in [6.45, 7) is 15.5. The van der Waals surface area contributed by atoms with Gasteiger partial charge in [0.15, 0.2) is 0 Å². The van der Waals surface area contributed by atoms with E-state index in [9.17, 15) is 0 Å². The van der Waals surface area contributed by atoms with Crippen molar-refractivity contribution in [1.29, 1.82) is 0 Å². The maximum Gasteiger partial charge on any atom is 0.0306 e. The van der Waals surface area contributed by atoms with E-state index < -0.39 is 0 Å². The maximum atomic E-state index is 3.78. The van der Waals surface area contributed by atoms with Gasteiger partial charge in [-0.2, -0.15) is 0 Å². The van der Waals surface area contributed by atoms with Crippen LogP contribution in [-0.4, -0.2) is 36.1 Å². The van der Waals surface area contributed by atoms with E-state index in [-0.39, 0.29) is 0 Å². The van der Waals surface area contributed by atoms with Crippen molar-refractivity contribution in [2.75, 3.05) is 19.6 Å². The highest BCUT2D eigenvalue weighted by atomic mass is 15.2. The number of rotatable bonds is 7. The maximum absolute atomic E-state index is 3.78. The normalized spacial score (nSPS) is 20.1. The molecule has 0 aromatic heterocycles. The number of nitrogens with one attached hydrogen (secondary N) is 1. The molecule has 0 radical (unpaired) electrons. The first-order valence-electron chi connectivity index (χ1n) is 7.47. The summed E-state index contributed by atoms with van der Waals surface area (Å²) in [6.07, 6.45) is 5.27. The van der Waals surface area contributed by atoms with Gasteiger partial charge in [-0.1, -0.05) is 20.8 Å². The van der Waals surface area contributed by atoms with Crippen molar-refractivity contribution in [2.45, 2.75) is 71.9 Å². The van der Waals surface area contributed by atoms with Gasteiger partial charge in [0.1, 0.15) is 0 Å². The molecule has 0 spiro atoms. The van der Waals surface area contributed by atoms with Crippen LogP contribution in [0.3, 0.4) is 0 Å². The zero-order valence-corrected chi connectivity index (χ0v) is 12.6. The molecule has 2 heteroatoms. The lowest BCUT2D eigenvalue weighted by Gasteiger charge is -2.43. The lowest BCUT2D eigenvalue weighted by Crippen LogP contribution is -2.57. The summed E-state index contributed by atoms with van der Waals surface area (Å²) in [5, 5.41) is 3.78. The Bertz CT molecular complexity index is 205. The van der Waals surface area contributed by atoms with Crippen molar-refractivity contribution in [1.82, 2.24) is 10.2 Å². The van der Waals surface area contributed by atoms with Crippen LogP contribution in [0.2, 0.25) is 0 Å². The van der Waals surface area contributed by atoms with Crippen molar-refractivity contribution in [2.24, 2.45) is 5.92 Å². The van der Waals surface area contributed by atoms with Gasteiger partial charge in [-0.25, -0.2) is 0 Å². The smallest absolute Gasteiger partial charge is 0.0306 e. The Labute approximate surface area is 108 Å². The van der Waals surface area contributed by atoms with Gasteiger partial charge in [-0.3, -0.25) is 4.90 Å². The molecule has 0 amide bonds. The highest BCUT2D eigenvalue weighted by Crippen LogP contribution is 2.27. The molecule has 1 saturated heterocycles. The first-order valence-corrected chi connectivity index (χ1v) is 7.47. The molecule has 1 rings (SSSR count). The molecule has 1 heterocycles. The van der Waals surface area contributed by atoms with Gasteiger partial charge in [0.2, 0.25) is 0 Å². The minimum Gasteiger partial charge on any atom is -0.312 e. The Kier molecular flexibility index (Phi) is 5.94. The fraction of sp³-hybridized carbons (Fsp3) is 1.00.